The quantitative estimate of drug-likeness (QED) is 0.383. The molecule has 2 aromatic rings. The monoisotopic (exact) mass is 518 g/mol. The third-order valence-corrected chi connectivity index (χ3v) is 7.48. The molecular formula is C27H32Cl2N2O4. The minimum atomic E-state index is -0.825. The molecule has 0 aliphatic carbocycles. The number of ether oxygens (including phenoxy) is 1. The Hall–Kier alpha value is -2.57. The molecule has 3 amide bonds. The summed E-state index contributed by atoms with van der Waals surface area (Å²) in [6.07, 6.45) is 1.95. The number of alkyl carbamates (subject to hydrolysis) is 1. The van der Waals surface area contributed by atoms with Gasteiger partial charge in [-0.05, 0) is 61.1 Å². The second kappa shape index (κ2) is 11.9. The van der Waals surface area contributed by atoms with Crippen LogP contribution >= 0.6 is 23.2 Å². The molecule has 188 valence electrons. The summed E-state index contributed by atoms with van der Waals surface area (Å²) in [7, 11) is 0. The average molecular weight is 519 g/mol. The Balaban J connectivity index is 2.08. The fraction of sp³-hybridized carbons (Fsp3) is 0.444. The fourth-order valence-electron chi connectivity index (χ4n) is 5.15. The van der Waals surface area contributed by atoms with E-state index < -0.39 is 11.5 Å². The van der Waals surface area contributed by atoms with Gasteiger partial charge in [0.2, 0.25) is 12.3 Å². The van der Waals surface area contributed by atoms with E-state index in [9.17, 15) is 14.4 Å². The summed E-state index contributed by atoms with van der Waals surface area (Å²) in [6.45, 7) is 6.13. The van der Waals surface area contributed by atoms with Gasteiger partial charge in [0.05, 0.1) is 18.1 Å². The number of carbonyl (C=O) groups excluding carboxylic acids is 3. The highest BCUT2D eigenvalue weighted by molar-refractivity contribution is 6.30. The molecule has 0 radical (unpaired) electrons. The first-order valence-corrected chi connectivity index (χ1v) is 12.7. The molecule has 1 aliphatic heterocycles. The number of rotatable bonds is 9. The summed E-state index contributed by atoms with van der Waals surface area (Å²) in [5.74, 6) is -0.00852. The Morgan fingerprint density at radius 2 is 1.83 bits per heavy atom. The van der Waals surface area contributed by atoms with Crippen molar-refractivity contribution in [3.05, 3.63) is 69.7 Å². The average Bonchev–Trinajstić information content (AvgIpc) is 2.83. The number of imide groups is 1. The lowest BCUT2D eigenvalue weighted by Gasteiger charge is -2.52. The van der Waals surface area contributed by atoms with Crippen LogP contribution in [0, 0.1) is 5.41 Å². The number of hydrogen-bond acceptors (Lipinski definition) is 4. The Morgan fingerprint density at radius 1 is 1.14 bits per heavy atom. The Labute approximate surface area is 216 Å². The van der Waals surface area contributed by atoms with Crippen molar-refractivity contribution in [2.24, 2.45) is 5.41 Å². The SMILES string of the molecule is CCC(CC)N1C(=O)[C@@](C)(CCOC(=O)NC=O)C[C@H](c2cccc(Cl)c2)[C@H]1c1ccc(Cl)cc1. The number of nitrogens with one attached hydrogen (secondary N) is 1. The number of halogens is 2. The van der Waals surface area contributed by atoms with Crippen LogP contribution in [0.1, 0.15) is 69.5 Å². The molecule has 3 rings (SSSR count). The largest absolute Gasteiger partial charge is 0.449 e. The van der Waals surface area contributed by atoms with E-state index in [1.165, 1.54) is 0 Å². The Morgan fingerprint density at radius 3 is 2.43 bits per heavy atom. The molecule has 1 heterocycles. The van der Waals surface area contributed by atoms with Crippen LogP contribution in [0.15, 0.2) is 48.5 Å². The molecule has 6 nitrogen and oxygen atoms in total. The molecule has 0 spiro atoms. The molecule has 2 aromatic carbocycles. The van der Waals surface area contributed by atoms with Gasteiger partial charge in [0, 0.05) is 22.0 Å². The lowest BCUT2D eigenvalue weighted by atomic mass is 9.67. The van der Waals surface area contributed by atoms with Crippen molar-refractivity contribution in [3.63, 3.8) is 0 Å². The number of carbonyl (C=O) groups is 3. The summed E-state index contributed by atoms with van der Waals surface area (Å²) < 4.78 is 5.14. The summed E-state index contributed by atoms with van der Waals surface area (Å²) in [5.41, 5.74) is 1.29. The molecule has 35 heavy (non-hydrogen) atoms. The molecule has 3 atom stereocenters. The molecule has 0 bridgehead atoms. The maximum absolute atomic E-state index is 14.2. The van der Waals surface area contributed by atoms with Crippen LogP contribution in [0.2, 0.25) is 10.0 Å². The van der Waals surface area contributed by atoms with E-state index in [1.54, 1.807) is 0 Å². The molecule has 8 heteroatoms. The normalized spacial score (nSPS) is 22.2. The van der Waals surface area contributed by atoms with Gasteiger partial charge in [-0.1, -0.05) is 68.2 Å². The van der Waals surface area contributed by atoms with Crippen LogP contribution in [0.4, 0.5) is 4.79 Å². The number of likely N-dealkylation sites (tertiary alicyclic amines) is 1. The highest BCUT2D eigenvalue weighted by Crippen LogP contribution is 2.52. The number of piperidine rings is 1. The number of hydrogen-bond donors (Lipinski definition) is 1. The molecule has 1 aliphatic rings. The third-order valence-electron chi connectivity index (χ3n) is 6.99. The van der Waals surface area contributed by atoms with Crippen LogP contribution in [0.3, 0.4) is 0 Å². The van der Waals surface area contributed by atoms with Crippen LogP contribution in [0.25, 0.3) is 0 Å². The van der Waals surface area contributed by atoms with E-state index in [2.05, 4.69) is 19.9 Å². The zero-order valence-corrected chi connectivity index (χ0v) is 21.8. The standard InChI is InChI=1S/C27H32Cl2N2O4/c1-4-22(5-2)31-24(18-9-11-20(28)12-10-18)23(19-7-6-8-21(29)15-19)16-27(3,25(31)33)13-14-35-26(34)30-17-32/h6-12,15,17,22-24H,4-5,13-14,16H2,1-3H3,(H,30,32,34)/t23-,24-,27+/m1/s1. The lowest BCUT2D eigenvalue weighted by Crippen LogP contribution is -2.55. The molecule has 1 N–H and O–H groups in total. The second-order valence-electron chi connectivity index (χ2n) is 9.25. The summed E-state index contributed by atoms with van der Waals surface area (Å²) in [5, 5.41) is 3.24. The first kappa shape index (κ1) is 27.0. The van der Waals surface area contributed by atoms with E-state index in [4.69, 9.17) is 27.9 Å². The second-order valence-corrected chi connectivity index (χ2v) is 10.1. The zero-order valence-electron chi connectivity index (χ0n) is 20.3. The van der Waals surface area contributed by atoms with Crippen molar-refractivity contribution in [2.45, 2.75) is 64.5 Å². The molecule has 0 unspecified atom stereocenters. The predicted octanol–water partition coefficient (Wildman–Crippen LogP) is 6.52. The molecule has 0 aromatic heterocycles. The number of benzene rings is 2. The van der Waals surface area contributed by atoms with Crippen LogP contribution < -0.4 is 5.32 Å². The molecule has 1 saturated heterocycles. The van der Waals surface area contributed by atoms with Crippen molar-refractivity contribution in [3.8, 4) is 0 Å². The minimum absolute atomic E-state index is 0.0204. The van der Waals surface area contributed by atoms with E-state index >= 15 is 0 Å². The predicted molar refractivity (Wildman–Crippen MR) is 137 cm³/mol. The van der Waals surface area contributed by atoms with Gasteiger partial charge in [0.1, 0.15) is 0 Å². The van der Waals surface area contributed by atoms with Crippen molar-refractivity contribution in [2.75, 3.05) is 6.61 Å². The summed E-state index contributed by atoms with van der Waals surface area (Å²) in [4.78, 5) is 38.3. The smallest absolute Gasteiger partial charge is 0.413 e. The maximum Gasteiger partial charge on any atom is 0.413 e. The summed E-state index contributed by atoms with van der Waals surface area (Å²) in [6, 6.07) is 15.3. The first-order valence-electron chi connectivity index (χ1n) is 11.9. The molecule has 0 saturated carbocycles. The van der Waals surface area contributed by atoms with E-state index in [0.717, 1.165) is 24.0 Å². The zero-order chi connectivity index (χ0) is 25.6. The number of amides is 3. The first-order chi connectivity index (χ1) is 16.7. The maximum atomic E-state index is 14.2. The van der Waals surface area contributed by atoms with E-state index in [-0.39, 0.29) is 36.9 Å². The van der Waals surface area contributed by atoms with Gasteiger partial charge in [-0.2, -0.15) is 0 Å². The van der Waals surface area contributed by atoms with Crippen LogP contribution in [-0.2, 0) is 14.3 Å². The third kappa shape index (κ3) is 6.17. The van der Waals surface area contributed by atoms with E-state index in [0.29, 0.717) is 22.9 Å². The Kier molecular flexibility index (Phi) is 9.20. The van der Waals surface area contributed by atoms with Gasteiger partial charge in [-0.3, -0.25) is 14.9 Å². The van der Waals surface area contributed by atoms with Crippen molar-refractivity contribution in [1.82, 2.24) is 10.2 Å². The van der Waals surface area contributed by atoms with Crippen LogP contribution in [0.5, 0.6) is 0 Å². The van der Waals surface area contributed by atoms with Gasteiger partial charge in [0.25, 0.3) is 0 Å². The van der Waals surface area contributed by atoms with E-state index in [1.807, 2.05) is 59.6 Å². The Bertz CT molecular complexity index is 1040. The highest BCUT2D eigenvalue weighted by atomic mass is 35.5. The highest BCUT2D eigenvalue weighted by Gasteiger charge is 2.51. The van der Waals surface area contributed by atoms with Crippen molar-refractivity contribution < 1.29 is 19.1 Å². The van der Waals surface area contributed by atoms with Gasteiger partial charge in [-0.15, -0.1) is 0 Å². The fourth-order valence-corrected chi connectivity index (χ4v) is 5.47. The molecular weight excluding hydrogens is 487 g/mol. The van der Waals surface area contributed by atoms with Crippen molar-refractivity contribution in [1.29, 1.82) is 0 Å². The number of nitrogens with zero attached hydrogens (tertiary/aromatic N) is 1. The van der Waals surface area contributed by atoms with Gasteiger partial charge in [-0.25, -0.2) is 4.79 Å². The van der Waals surface area contributed by atoms with Gasteiger partial charge < -0.3 is 9.64 Å². The topological polar surface area (TPSA) is 75.7 Å². The summed E-state index contributed by atoms with van der Waals surface area (Å²) >= 11 is 12.6. The van der Waals surface area contributed by atoms with Gasteiger partial charge >= 0.3 is 6.09 Å². The van der Waals surface area contributed by atoms with Crippen LogP contribution in [-0.4, -0.2) is 36.0 Å². The molecule has 1 fully saturated rings. The van der Waals surface area contributed by atoms with Gasteiger partial charge in [0.15, 0.2) is 0 Å². The minimum Gasteiger partial charge on any atom is -0.449 e. The lowest BCUT2D eigenvalue weighted by molar-refractivity contribution is -0.156. The van der Waals surface area contributed by atoms with Crippen molar-refractivity contribution >= 4 is 41.6 Å².